The Labute approximate surface area is 149 Å². The summed E-state index contributed by atoms with van der Waals surface area (Å²) < 4.78 is 91.7. The number of aromatic nitrogens is 2. The van der Waals surface area contributed by atoms with E-state index < -0.39 is 31.9 Å². The first-order valence-corrected chi connectivity index (χ1v) is 8.45. The molecule has 26 heavy (non-hydrogen) atoms. The lowest BCUT2D eigenvalue weighted by Crippen LogP contribution is -2.37. The van der Waals surface area contributed by atoms with Crippen molar-refractivity contribution in [3.63, 3.8) is 0 Å². The molecule has 12 heteroatoms. The second kappa shape index (κ2) is 9.00. The summed E-state index contributed by atoms with van der Waals surface area (Å²) in [6, 6.07) is 0. The number of ether oxygens (including phenoxy) is 2. The molecule has 2 heterocycles. The van der Waals surface area contributed by atoms with E-state index in [0.29, 0.717) is 24.2 Å². The lowest BCUT2D eigenvalue weighted by atomic mass is 10.1. The van der Waals surface area contributed by atoms with Crippen LogP contribution in [0.4, 0.5) is 26.3 Å². The SMILES string of the molecule is FC(F)(F)CCOCCOc1nsnc1C1=CCCN(CC(F)(F)F)C1. The van der Waals surface area contributed by atoms with E-state index in [9.17, 15) is 26.3 Å². The first-order valence-electron chi connectivity index (χ1n) is 7.72. The van der Waals surface area contributed by atoms with Crippen molar-refractivity contribution in [3.05, 3.63) is 11.8 Å². The van der Waals surface area contributed by atoms with Gasteiger partial charge in [-0.2, -0.15) is 30.7 Å². The van der Waals surface area contributed by atoms with Gasteiger partial charge < -0.3 is 9.47 Å². The number of rotatable bonds is 8. The van der Waals surface area contributed by atoms with Crippen molar-refractivity contribution in [1.29, 1.82) is 0 Å². The van der Waals surface area contributed by atoms with Gasteiger partial charge in [0, 0.05) is 13.1 Å². The molecule has 0 spiro atoms. The molecule has 1 aliphatic heterocycles. The Bertz CT molecular complexity index is 602. The minimum absolute atomic E-state index is 0.0319. The summed E-state index contributed by atoms with van der Waals surface area (Å²) in [5.74, 6) is 0.148. The van der Waals surface area contributed by atoms with Crippen LogP contribution >= 0.6 is 11.7 Å². The van der Waals surface area contributed by atoms with Crippen molar-refractivity contribution >= 4 is 17.3 Å². The van der Waals surface area contributed by atoms with Crippen LogP contribution in [0.2, 0.25) is 0 Å². The Morgan fingerprint density at radius 1 is 1.04 bits per heavy atom. The number of halogens is 6. The van der Waals surface area contributed by atoms with Crippen LogP contribution in [0.5, 0.6) is 5.88 Å². The topological polar surface area (TPSA) is 47.5 Å². The zero-order valence-corrected chi connectivity index (χ0v) is 14.4. The van der Waals surface area contributed by atoms with Crippen LogP contribution in [-0.4, -0.2) is 65.5 Å². The number of hydrogen-bond acceptors (Lipinski definition) is 6. The van der Waals surface area contributed by atoms with Crippen molar-refractivity contribution in [2.45, 2.75) is 25.2 Å². The first-order chi connectivity index (χ1) is 12.1. The lowest BCUT2D eigenvalue weighted by molar-refractivity contribution is -0.146. The predicted molar refractivity (Wildman–Crippen MR) is 82.0 cm³/mol. The quantitative estimate of drug-likeness (QED) is 0.489. The maximum absolute atomic E-state index is 12.5. The molecule has 5 nitrogen and oxygen atoms in total. The number of hydrogen-bond donors (Lipinski definition) is 0. The monoisotopic (exact) mass is 405 g/mol. The zero-order chi connectivity index (χ0) is 19.2. The van der Waals surface area contributed by atoms with Crippen LogP contribution in [0, 0.1) is 0 Å². The fourth-order valence-electron chi connectivity index (χ4n) is 2.32. The highest BCUT2D eigenvalue weighted by Gasteiger charge is 2.32. The molecule has 0 bridgehead atoms. The molecule has 0 amide bonds. The second-order valence-corrected chi connectivity index (χ2v) is 6.12. The van der Waals surface area contributed by atoms with E-state index in [2.05, 4.69) is 8.75 Å². The third kappa shape index (κ3) is 7.46. The molecule has 0 saturated heterocycles. The van der Waals surface area contributed by atoms with E-state index in [4.69, 9.17) is 9.47 Å². The molecule has 0 atom stereocenters. The Kier molecular flexibility index (Phi) is 7.24. The average Bonchev–Trinajstić information content (AvgIpc) is 2.96. The van der Waals surface area contributed by atoms with Crippen molar-refractivity contribution < 1.29 is 35.8 Å². The highest BCUT2D eigenvalue weighted by molar-refractivity contribution is 6.99. The minimum atomic E-state index is -4.28. The predicted octanol–water partition coefficient (Wildman–Crippen LogP) is 3.54. The first kappa shape index (κ1) is 20.9. The lowest BCUT2D eigenvalue weighted by Gasteiger charge is -2.27. The largest absolute Gasteiger partial charge is 0.473 e. The summed E-state index contributed by atoms with van der Waals surface area (Å²) in [5, 5.41) is 0. The molecule has 2 rings (SSSR count). The molecule has 148 valence electrons. The number of alkyl halides is 6. The summed E-state index contributed by atoms with van der Waals surface area (Å²) >= 11 is 0.850. The summed E-state index contributed by atoms with van der Waals surface area (Å²) in [6.07, 6.45) is -7.36. The third-order valence-corrected chi connectivity index (χ3v) is 3.90. The Morgan fingerprint density at radius 2 is 1.81 bits per heavy atom. The van der Waals surface area contributed by atoms with Crippen LogP contribution in [0.15, 0.2) is 6.08 Å². The van der Waals surface area contributed by atoms with Crippen LogP contribution in [0.1, 0.15) is 18.5 Å². The van der Waals surface area contributed by atoms with Crippen molar-refractivity contribution in [1.82, 2.24) is 13.6 Å². The van der Waals surface area contributed by atoms with Gasteiger partial charge in [0.05, 0.1) is 37.9 Å². The van der Waals surface area contributed by atoms with Gasteiger partial charge in [-0.25, -0.2) is 0 Å². The molecule has 1 aromatic rings. The summed E-state index contributed by atoms with van der Waals surface area (Å²) in [7, 11) is 0. The molecule has 0 N–H and O–H groups in total. The third-order valence-electron chi connectivity index (χ3n) is 3.39. The molecule has 1 aliphatic rings. The van der Waals surface area contributed by atoms with Gasteiger partial charge in [-0.3, -0.25) is 4.90 Å². The summed E-state index contributed by atoms with van der Waals surface area (Å²) in [4.78, 5) is 1.26. The van der Waals surface area contributed by atoms with Crippen molar-refractivity contribution in [2.75, 3.05) is 39.5 Å². The fraction of sp³-hybridized carbons (Fsp3) is 0.714. The highest BCUT2D eigenvalue weighted by Crippen LogP contribution is 2.29. The Morgan fingerprint density at radius 3 is 2.50 bits per heavy atom. The van der Waals surface area contributed by atoms with E-state index in [-0.39, 0.29) is 25.6 Å². The summed E-state index contributed by atoms with van der Waals surface area (Å²) in [5.41, 5.74) is 0.944. The maximum Gasteiger partial charge on any atom is 0.401 e. The van der Waals surface area contributed by atoms with Crippen LogP contribution < -0.4 is 4.74 Å². The molecular formula is C14H17F6N3O2S. The van der Waals surface area contributed by atoms with Crippen molar-refractivity contribution in [2.24, 2.45) is 0 Å². The molecule has 0 radical (unpaired) electrons. The van der Waals surface area contributed by atoms with Gasteiger partial charge in [0.15, 0.2) is 0 Å². The van der Waals surface area contributed by atoms with E-state index in [1.54, 1.807) is 6.08 Å². The van der Waals surface area contributed by atoms with Crippen LogP contribution in [-0.2, 0) is 4.74 Å². The molecule has 1 aromatic heterocycles. The Hall–Kier alpha value is -1.40. The van der Waals surface area contributed by atoms with E-state index in [1.807, 2.05) is 0 Å². The Balaban J connectivity index is 1.81. The molecular weight excluding hydrogens is 388 g/mol. The van der Waals surface area contributed by atoms with E-state index in [1.165, 1.54) is 4.90 Å². The highest BCUT2D eigenvalue weighted by atomic mass is 32.1. The van der Waals surface area contributed by atoms with Crippen LogP contribution in [0.3, 0.4) is 0 Å². The fourth-order valence-corrected chi connectivity index (χ4v) is 2.86. The molecule has 0 saturated carbocycles. The maximum atomic E-state index is 12.5. The second-order valence-electron chi connectivity index (χ2n) is 5.59. The normalized spacial score (nSPS) is 16.6. The van der Waals surface area contributed by atoms with Gasteiger partial charge in [0.2, 0.25) is 0 Å². The molecule has 0 fully saturated rings. The van der Waals surface area contributed by atoms with Crippen LogP contribution in [0.25, 0.3) is 5.57 Å². The van der Waals surface area contributed by atoms with Crippen molar-refractivity contribution in [3.8, 4) is 5.88 Å². The minimum Gasteiger partial charge on any atom is -0.473 e. The average molecular weight is 405 g/mol. The van der Waals surface area contributed by atoms with E-state index in [0.717, 1.165) is 11.7 Å². The standard InChI is InChI=1S/C14H17F6N3O2S/c15-13(16,17)3-5-24-6-7-25-12-11(21-26-22-12)10-2-1-4-23(8-10)9-14(18,19)20/h2H,1,3-9H2. The molecule has 0 unspecified atom stereocenters. The van der Waals surface area contributed by atoms with Gasteiger partial charge in [-0.05, 0) is 12.0 Å². The van der Waals surface area contributed by atoms with E-state index >= 15 is 0 Å². The zero-order valence-electron chi connectivity index (χ0n) is 13.6. The van der Waals surface area contributed by atoms with Gasteiger partial charge in [-0.1, -0.05) is 6.08 Å². The number of nitrogens with zero attached hydrogens (tertiary/aromatic N) is 3. The summed E-state index contributed by atoms with van der Waals surface area (Å²) in [6.45, 7) is -1.20. The smallest absolute Gasteiger partial charge is 0.401 e. The van der Waals surface area contributed by atoms with Gasteiger partial charge >= 0.3 is 12.4 Å². The van der Waals surface area contributed by atoms with Gasteiger partial charge in [0.1, 0.15) is 12.3 Å². The molecule has 0 aromatic carbocycles. The van der Waals surface area contributed by atoms with Gasteiger partial charge in [0.25, 0.3) is 5.88 Å². The van der Waals surface area contributed by atoms with Gasteiger partial charge in [-0.15, -0.1) is 4.37 Å². The molecule has 0 aliphatic carbocycles.